The van der Waals surface area contributed by atoms with Gasteiger partial charge in [-0.25, -0.2) is 8.42 Å². The van der Waals surface area contributed by atoms with Gasteiger partial charge in [-0.05, 0) is 19.1 Å². The summed E-state index contributed by atoms with van der Waals surface area (Å²) in [6.45, 7) is 1.82. The van der Waals surface area contributed by atoms with E-state index in [9.17, 15) is 22.6 Å². The Morgan fingerprint density at radius 3 is 1.81 bits per heavy atom. The molecule has 27 heavy (non-hydrogen) atoms. The number of fused-ring (bicyclic) bond motifs is 5. The molecule has 3 saturated heterocycles. The first-order valence-electron chi connectivity index (χ1n) is 8.37. The predicted octanol–water partition coefficient (Wildman–Crippen LogP) is -1.44. The summed E-state index contributed by atoms with van der Waals surface area (Å²) in [5, 5.41) is 2.14. The van der Waals surface area contributed by atoms with Gasteiger partial charge in [0, 0.05) is 0 Å². The minimum atomic E-state index is -4.27. The van der Waals surface area contributed by atoms with E-state index in [4.69, 9.17) is 14.2 Å². The van der Waals surface area contributed by atoms with Crippen LogP contribution in [-0.4, -0.2) is 63.4 Å². The van der Waals surface area contributed by atoms with Crippen LogP contribution in [0.2, 0.25) is 0 Å². The van der Waals surface area contributed by atoms with Crippen LogP contribution in [0.4, 0.5) is 0 Å². The number of morpholine rings is 1. The Kier molecular flexibility index (Phi) is 5.26. The van der Waals surface area contributed by atoms with E-state index in [0.29, 0.717) is 12.1 Å². The van der Waals surface area contributed by atoms with E-state index in [0.717, 1.165) is 5.56 Å². The summed E-state index contributed by atoms with van der Waals surface area (Å²) < 4.78 is 46.3. The summed E-state index contributed by atoms with van der Waals surface area (Å²) >= 11 is 0. The molecule has 3 aliphatic heterocycles. The van der Waals surface area contributed by atoms with Crippen molar-refractivity contribution in [2.24, 2.45) is 11.8 Å². The molecule has 3 heterocycles. The van der Waals surface area contributed by atoms with Crippen molar-refractivity contribution in [2.75, 3.05) is 14.2 Å². The first kappa shape index (κ1) is 19.7. The molecular formula is C17H21NO8S. The highest BCUT2D eigenvalue weighted by Crippen LogP contribution is 2.46. The highest BCUT2D eigenvalue weighted by atomic mass is 32.2. The normalized spacial score (nSPS) is 32.7. The second-order valence-corrected chi connectivity index (χ2v) is 8.16. The van der Waals surface area contributed by atoms with E-state index in [1.165, 1.54) is 26.4 Å². The molecule has 3 aliphatic rings. The monoisotopic (exact) mass is 399 g/mol. The maximum absolute atomic E-state index is 11.7. The number of nitrogens with two attached hydrogens (primary N) is 1. The van der Waals surface area contributed by atoms with Gasteiger partial charge in [0.15, 0.2) is 12.1 Å². The zero-order chi connectivity index (χ0) is 19.9. The SMILES string of the molecule is COC(=O)[C@@H]1[C@@H]2O[C@@H]([C@H]3[NH2+][C@H]32)[C@H]1C(=O)OC.Cc1ccc(S(=O)(=O)[O-])cc1. The van der Waals surface area contributed by atoms with Crippen LogP contribution in [0.3, 0.4) is 0 Å². The molecule has 1 aromatic rings. The number of hydrogen-bond acceptors (Lipinski definition) is 8. The number of hydrogen-bond donors (Lipinski definition) is 1. The van der Waals surface area contributed by atoms with E-state index in [2.05, 4.69) is 5.32 Å². The maximum Gasteiger partial charge on any atom is 0.312 e. The zero-order valence-electron chi connectivity index (χ0n) is 15.0. The number of quaternary nitrogens is 1. The average molecular weight is 399 g/mol. The van der Waals surface area contributed by atoms with Crippen LogP contribution in [0.15, 0.2) is 29.2 Å². The van der Waals surface area contributed by atoms with Gasteiger partial charge in [0.05, 0.1) is 19.1 Å². The largest absolute Gasteiger partial charge is 0.744 e. The topological polar surface area (TPSA) is 136 Å². The number of rotatable bonds is 3. The van der Waals surface area contributed by atoms with Gasteiger partial charge in [-0.1, -0.05) is 17.7 Å². The zero-order valence-corrected chi connectivity index (χ0v) is 15.8. The van der Waals surface area contributed by atoms with Crippen molar-refractivity contribution in [3.8, 4) is 0 Å². The van der Waals surface area contributed by atoms with Crippen molar-refractivity contribution >= 4 is 22.1 Å². The minimum Gasteiger partial charge on any atom is -0.744 e. The molecule has 2 bridgehead atoms. The van der Waals surface area contributed by atoms with Crippen molar-refractivity contribution in [3.63, 3.8) is 0 Å². The molecule has 0 aliphatic carbocycles. The molecule has 0 radical (unpaired) electrons. The lowest BCUT2D eigenvalue weighted by molar-refractivity contribution is -0.539. The Bertz CT molecular complexity index is 805. The number of carbonyl (C=O) groups is 2. The number of benzene rings is 1. The molecule has 148 valence electrons. The summed E-state index contributed by atoms with van der Waals surface area (Å²) in [7, 11) is -1.61. The van der Waals surface area contributed by atoms with Crippen molar-refractivity contribution < 1.29 is 42.1 Å². The van der Waals surface area contributed by atoms with Crippen molar-refractivity contribution in [1.29, 1.82) is 0 Å². The Morgan fingerprint density at radius 1 is 1.00 bits per heavy atom. The molecular weight excluding hydrogens is 378 g/mol. The van der Waals surface area contributed by atoms with Crippen LogP contribution in [0.5, 0.6) is 0 Å². The molecule has 1 aromatic carbocycles. The van der Waals surface area contributed by atoms with Gasteiger partial charge >= 0.3 is 11.9 Å². The molecule has 0 unspecified atom stereocenters. The molecule has 9 nitrogen and oxygen atoms in total. The molecule has 0 spiro atoms. The van der Waals surface area contributed by atoms with E-state index in [1.807, 2.05) is 6.92 Å². The third kappa shape index (κ3) is 3.70. The van der Waals surface area contributed by atoms with Crippen molar-refractivity contribution in [1.82, 2.24) is 0 Å². The number of esters is 2. The third-order valence-corrected chi connectivity index (χ3v) is 6.02. The Balaban J connectivity index is 0.000000168. The highest BCUT2D eigenvalue weighted by molar-refractivity contribution is 7.85. The standard InChI is InChI=1S/C10H13NO5.C7H8O3S/c1-14-9(12)3-4(10(13)15-2)8-6-5(11-6)7(3)16-8;1-6-2-4-7(5-3-6)11(8,9)10/h3-8,11H,1-2H3;2-5H,1H3,(H,8,9,10)/t3-,4-,5-,6+,7+,8-;/m0./s1. The summed E-state index contributed by atoms with van der Waals surface area (Å²) in [6.07, 6.45) is -0.377. The quantitative estimate of drug-likeness (QED) is 0.371. The van der Waals surface area contributed by atoms with Crippen molar-refractivity contribution in [2.45, 2.75) is 36.1 Å². The smallest absolute Gasteiger partial charge is 0.312 e. The Morgan fingerprint density at radius 2 is 1.44 bits per heavy atom. The third-order valence-electron chi connectivity index (χ3n) is 5.17. The molecule has 0 amide bonds. The van der Waals surface area contributed by atoms with E-state index in [1.54, 1.807) is 12.1 Å². The average Bonchev–Trinajstić information content (AvgIpc) is 3.25. The summed E-state index contributed by atoms with van der Waals surface area (Å²) in [5.74, 6) is -1.74. The molecule has 4 rings (SSSR count). The van der Waals surface area contributed by atoms with Gasteiger partial charge in [0.2, 0.25) is 0 Å². The predicted molar refractivity (Wildman–Crippen MR) is 88.3 cm³/mol. The number of methoxy groups -OCH3 is 2. The minimum absolute atomic E-state index is 0.178. The molecule has 6 atom stereocenters. The van der Waals surface area contributed by atoms with Gasteiger partial charge in [-0.15, -0.1) is 0 Å². The molecule has 3 fully saturated rings. The summed E-state index contributed by atoms with van der Waals surface area (Å²) in [5.41, 5.74) is 0.928. The lowest BCUT2D eigenvalue weighted by Crippen LogP contribution is -2.68. The summed E-state index contributed by atoms with van der Waals surface area (Å²) in [4.78, 5) is 23.2. The second-order valence-electron chi connectivity index (χ2n) is 6.78. The molecule has 0 saturated carbocycles. The van der Waals surface area contributed by atoms with Crippen LogP contribution in [0, 0.1) is 18.8 Å². The molecule has 2 N–H and O–H groups in total. The number of ether oxygens (including phenoxy) is 3. The van der Waals surface area contributed by atoms with Crippen LogP contribution < -0.4 is 5.32 Å². The second kappa shape index (κ2) is 7.19. The lowest BCUT2D eigenvalue weighted by Gasteiger charge is -2.20. The van der Waals surface area contributed by atoms with Crippen molar-refractivity contribution in [3.05, 3.63) is 29.8 Å². The maximum atomic E-state index is 11.7. The first-order valence-corrected chi connectivity index (χ1v) is 9.78. The van der Waals surface area contributed by atoms with E-state index < -0.39 is 22.0 Å². The summed E-state index contributed by atoms with van der Waals surface area (Å²) in [6, 6.07) is 6.44. The fourth-order valence-electron chi connectivity index (χ4n) is 3.81. The number of aryl methyl sites for hydroxylation is 1. The van der Waals surface area contributed by atoms with Gasteiger partial charge in [0.25, 0.3) is 0 Å². The van der Waals surface area contributed by atoms with E-state index in [-0.39, 0.29) is 29.0 Å². The first-order chi connectivity index (χ1) is 12.7. The molecule has 10 heteroatoms. The highest BCUT2D eigenvalue weighted by Gasteiger charge is 2.75. The Labute approximate surface area is 156 Å². The lowest BCUT2D eigenvalue weighted by atomic mass is 9.79. The van der Waals surface area contributed by atoms with Gasteiger partial charge in [-0.3, -0.25) is 9.59 Å². The Hall–Kier alpha value is -2.01. The van der Waals surface area contributed by atoms with Gasteiger partial charge in [0.1, 0.15) is 34.2 Å². The van der Waals surface area contributed by atoms with Crippen LogP contribution in [0.25, 0.3) is 0 Å². The van der Waals surface area contributed by atoms with E-state index >= 15 is 0 Å². The fourth-order valence-corrected chi connectivity index (χ4v) is 4.28. The molecule has 0 aromatic heterocycles. The fraction of sp³-hybridized carbons (Fsp3) is 0.529. The van der Waals surface area contributed by atoms with Crippen LogP contribution in [0.1, 0.15) is 5.56 Å². The number of carbonyl (C=O) groups excluding carboxylic acids is 2. The van der Waals surface area contributed by atoms with Gasteiger partial charge in [-0.2, -0.15) is 0 Å². The van der Waals surface area contributed by atoms with Crippen LogP contribution >= 0.6 is 0 Å². The van der Waals surface area contributed by atoms with Gasteiger partial charge < -0.3 is 24.1 Å². The van der Waals surface area contributed by atoms with Crippen LogP contribution in [-0.2, 0) is 33.9 Å².